The standard InChI is InChI=1S/C13H25N5/c1-9(2)6-5-7-15-12-11(10(3)4)13(18-14)17-8-16-12/h8-10H,5-7,14H2,1-4H3,(H2,15,16,17,18). The van der Waals surface area contributed by atoms with Gasteiger partial charge in [-0.1, -0.05) is 27.7 Å². The van der Waals surface area contributed by atoms with Gasteiger partial charge in [-0.3, -0.25) is 0 Å². The van der Waals surface area contributed by atoms with E-state index in [0.717, 1.165) is 30.3 Å². The van der Waals surface area contributed by atoms with E-state index in [0.29, 0.717) is 11.7 Å². The second-order valence-corrected chi connectivity index (χ2v) is 5.25. The number of anilines is 2. The van der Waals surface area contributed by atoms with Gasteiger partial charge in [0.25, 0.3) is 0 Å². The quantitative estimate of drug-likeness (QED) is 0.394. The molecule has 0 atom stereocenters. The molecule has 0 radical (unpaired) electrons. The molecule has 18 heavy (non-hydrogen) atoms. The molecule has 0 amide bonds. The van der Waals surface area contributed by atoms with E-state index in [1.165, 1.54) is 12.7 Å². The van der Waals surface area contributed by atoms with E-state index in [-0.39, 0.29) is 0 Å². The fraction of sp³-hybridized carbons (Fsp3) is 0.692. The molecule has 0 spiro atoms. The molecule has 102 valence electrons. The second-order valence-electron chi connectivity index (χ2n) is 5.25. The van der Waals surface area contributed by atoms with Gasteiger partial charge < -0.3 is 10.7 Å². The summed E-state index contributed by atoms with van der Waals surface area (Å²) in [5, 5.41) is 3.38. The van der Waals surface area contributed by atoms with Crippen molar-refractivity contribution in [1.82, 2.24) is 9.97 Å². The molecule has 0 aliphatic carbocycles. The van der Waals surface area contributed by atoms with Crippen molar-refractivity contribution in [3.05, 3.63) is 11.9 Å². The second kappa shape index (κ2) is 7.16. The Hall–Kier alpha value is -1.36. The Morgan fingerprint density at radius 2 is 1.83 bits per heavy atom. The van der Waals surface area contributed by atoms with Crippen molar-refractivity contribution >= 4 is 11.6 Å². The number of nitrogen functional groups attached to an aromatic ring is 1. The van der Waals surface area contributed by atoms with Gasteiger partial charge in [-0.25, -0.2) is 15.8 Å². The molecule has 0 aromatic carbocycles. The van der Waals surface area contributed by atoms with Crippen molar-refractivity contribution < 1.29 is 0 Å². The van der Waals surface area contributed by atoms with Crippen molar-refractivity contribution in [1.29, 1.82) is 0 Å². The molecule has 1 aromatic heterocycles. The fourth-order valence-electron chi connectivity index (χ4n) is 1.92. The third-order valence-corrected chi connectivity index (χ3v) is 2.85. The summed E-state index contributed by atoms with van der Waals surface area (Å²) in [5.74, 6) is 8.13. The zero-order valence-corrected chi connectivity index (χ0v) is 11.8. The molecule has 0 saturated carbocycles. The van der Waals surface area contributed by atoms with Crippen LogP contribution in [0.25, 0.3) is 0 Å². The highest BCUT2D eigenvalue weighted by atomic mass is 15.3. The number of rotatable bonds is 7. The molecule has 0 bridgehead atoms. The largest absolute Gasteiger partial charge is 0.370 e. The molecule has 1 rings (SSSR count). The summed E-state index contributed by atoms with van der Waals surface area (Å²) in [5.41, 5.74) is 3.68. The Morgan fingerprint density at radius 3 is 2.39 bits per heavy atom. The highest BCUT2D eigenvalue weighted by Gasteiger charge is 2.13. The molecule has 4 N–H and O–H groups in total. The van der Waals surface area contributed by atoms with Crippen LogP contribution < -0.4 is 16.6 Å². The summed E-state index contributed by atoms with van der Waals surface area (Å²) in [6.07, 6.45) is 3.90. The number of hydrazine groups is 1. The van der Waals surface area contributed by atoms with Crippen LogP contribution in [0.5, 0.6) is 0 Å². The Kier molecular flexibility index (Phi) is 5.85. The van der Waals surface area contributed by atoms with Crippen LogP contribution in [-0.2, 0) is 0 Å². The summed E-state index contributed by atoms with van der Waals surface area (Å²) < 4.78 is 0. The zero-order chi connectivity index (χ0) is 13.5. The third-order valence-electron chi connectivity index (χ3n) is 2.85. The smallest absolute Gasteiger partial charge is 0.148 e. The first kappa shape index (κ1) is 14.7. The highest BCUT2D eigenvalue weighted by molar-refractivity contribution is 5.58. The molecule has 0 aliphatic rings. The maximum Gasteiger partial charge on any atom is 0.148 e. The minimum Gasteiger partial charge on any atom is -0.370 e. The summed E-state index contributed by atoms with van der Waals surface area (Å²) in [6, 6.07) is 0. The zero-order valence-electron chi connectivity index (χ0n) is 11.8. The normalized spacial score (nSPS) is 11.1. The van der Waals surface area contributed by atoms with Crippen LogP contribution in [0.2, 0.25) is 0 Å². The average molecular weight is 251 g/mol. The van der Waals surface area contributed by atoms with Gasteiger partial charge in [0.15, 0.2) is 0 Å². The first-order valence-electron chi connectivity index (χ1n) is 6.61. The molecule has 1 heterocycles. The predicted molar refractivity (Wildman–Crippen MR) is 76.5 cm³/mol. The summed E-state index contributed by atoms with van der Waals surface area (Å²) in [4.78, 5) is 8.46. The monoisotopic (exact) mass is 251 g/mol. The lowest BCUT2D eigenvalue weighted by Crippen LogP contribution is -2.15. The Morgan fingerprint density at radius 1 is 1.17 bits per heavy atom. The Bertz CT molecular complexity index is 362. The lowest BCUT2D eigenvalue weighted by atomic mass is 10.0. The van der Waals surface area contributed by atoms with E-state index in [2.05, 4.69) is 48.4 Å². The van der Waals surface area contributed by atoms with Crippen LogP contribution in [0.3, 0.4) is 0 Å². The van der Waals surface area contributed by atoms with Crippen LogP contribution in [0.1, 0.15) is 52.0 Å². The molecule has 1 aromatic rings. The van der Waals surface area contributed by atoms with Crippen molar-refractivity contribution in [3.63, 3.8) is 0 Å². The fourth-order valence-corrected chi connectivity index (χ4v) is 1.92. The van der Waals surface area contributed by atoms with Crippen LogP contribution >= 0.6 is 0 Å². The van der Waals surface area contributed by atoms with Gasteiger partial charge in [0.1, 0.15) is 18.0 Å². The van der Waals surface area contributed by atoms with Crippen molar-refractivity contribution in [2.75, 3.05) is 17.3 Å². The number of nitrogens with zero attached hydrogens (tertiary/aromatic N) is 2. The van der Waals surface area contributed by atoms with Gasteiger partial charge in [0.2, 0.25) is 0 Å². The first-order valence-corrected chi connectivity index (χ1v) is 6.61. The molecule has 5 heteroatoms. The van der Waals surface area contributed by atoms with Crippen molar-refractivity contribution in [3.8, 4) is 0 Å². The molecule has 0 aliphatic heterocycles. The number of nitrogens with one attached hydrogen (secondary N) is 2. The minimum absolute atomic E-state index is 0.324. The molecule has 5 nitrogen and oxygen atoms in total. The van der Waals surface area contributed by atoms with Gasteiger partial charge in [-0.15, -0.1) is 0 Å². The summed E-state index contributed by atoms with van der Waals surface area (Å²) in [6.45, 7) is 9.62. The van der Waals surface area contributed by atoms with Gasteiger partial charge in [0.05, 0.1) is 0 Å². The SMILES string of the molecule is CC(C)CCCNc1ncnc(NN)c1C(C)C. The molecular formula is C13H25N5. The lowest BCUT2D eigenvalue weighted by molar-refractivity contribution is 0.566. The van der Waals surface area contributed by atoms with E-state index < -0.39 is 0 Å². The molecular weight excluding hydrogens is 226 g/mol. The Labute approximate surface area is 110 Å². The van der Waals surface area contributed by atoms with Crippen LogP contribution in [-0.4, -0.2) is 16.5 Å². The third kappa shape index (κ3) is 4.14. The molecule has 0 unspecified atom stereocenters. The molecule has 0 fully saturated rings. The predicted octanol–water partition coefficient (Wildman–Crippen LogP) is 2.73. The summed E-state index contributed by atoms with van der Waals surface area (Å²) >= 11 is 0. The highest BCUT2D eigenvalue weighted by Crippen LogP contribution is 2.27. The average Bonchev–Trinajstić information content (AvgIpc) is 2.33. The topological polar surface area (TPSA) is 75.9 Å². The van der Waals surface area contributed by atoms with E-state index >= 15 is 0 Å². The van der Waals surface area contributed by atoms with Crippen molar-refractivity contribution in [2.24, 2.45) is 11.8 Å². The van der Waals surface area contributed by atoms with E-state index in [4.69, 9.17) is 5.84 Å². The Balaban J connectivity index is 2.69. The molecule has 0 saturated heterocycles. The number of hydrogen-bond donors (Lipinski definition) is 3. The number of hydrogen-bond acceptors (Lipinski definition) is 5. The van der Waals surface area contributed by atoms with Crippen LogP contribution in [0.15, 0.2) is 6.33 Å². The van der Waals surface area contributed by atoms with Crippen molar-refractivity contribution in [2.45, 2.75) is 46.5 Å². The van der Waals surface area contributed by atoms with E-state index in [1.807, 2.05) is 0 Å². The van der Waals surface area contributed by atoms with Gasteiger partial charge >= 0.3 is 0 Å². The van der Waals surface area contributed by atoms with Crippen LogP contribution in [0.4, 0.5) is 11.6 Å². The van der Waals surface area contributed by atoms with E-state index in [9.17, 15) is 0 Å². The number of nitrogens with two attached hydrogens (primary N) is 1. The number of aromatic nitrogens is 2. The van der Waals surface area contributed by atoms with Gasteiger partial charge in [0, 0.05) is 12.1 Å². The lowest BCUT2D eigenvalue weighted by Gasteiger charge is -2.16. The summed E-state index contributed by atoms with van der Waals surface area (Å²) in [7, 11) is 0. The van der Waals surface area contributed by atoms with Gasteiger partial charge in [-0.05, 0) is 24.7 Å². The van der Waals surface area contributed by atoms with Gasteiger partial charge in [-0.2, -0.15) is 0 Å². The minimum atomic E-state index is 0.324. The van der Waals surface area contributed by atoms with Crippen LogP contribution in [0, 0.1) is 5.92 Å². The first-order chi connectivity index (χ1) is 8.56. The maximum atomic E-state index is 5.48. The maximum absolute atomic E-state index is 5.48. The van der Waals surface area contributed by atoms with E-state index in [1.54, 1.807) is 0 Å².